The molecule has 0 saturated carbocycles. The SMILES string of the molecule is CC1(C)CC(=O)Cc2ncnc(Cl)c21. The number of Topliss-reactive ketones (excluding diaryl/α,β-unsaturated/α-hetero) is 1. The largest absolute Gasteiger partial charge is 0.299 e. The van der Waals surface area contributed by atoms with Crippen LogP contribution in [-0.4, -0.2) is 15.8 Å². The van der Waals surface area contributed by atoms with Crippen LogP contribution in [-0.2, 0) is 16.6 Å². The van der Waals surface area contributed by atoms with E-state index in [1.165, 1.54) is 6.33 Å². The molecule has 0 aliphatic heterocycles. The van der Waals surface area contributed by atoms with Gasteiger partial charge in [-0.25, -0.2) is 9.97 Å². The van der Waals surface area contributed by atoms with Crippen molar-refractivity contribution in [2.24, 2.45) is 0 Å². The first-order valence-corrected chi connectivity index (χ1v) is 4.90. The van der Waals surface area contributed by atoms with E-state index in [-0.39, 0.29) is 11.2 Å². The van der Waals surface area contributed by atoms with E-state index in [0.29, 0.717) is 18.0 Å². The molecule has 0 bridgehead atoms. The summed E-state index contributed by atoms with van der Waals surface area (Å²) in [4.78, 5) is 19.5. The summed E-state index contributed by atoms with van der Waals surface area (Å²) < 4.78 is 0. The number of aromatic nitrogens is 2. The molecule has 0 spiro atoms. The Kier molecular flexibility index (Phi) is 2.07. The highest BCUT2D eigenvalue weighted by Crippen LogP contribution is 2.37. The highest BCUT2D eigenvalue weighted by atomic mass is 35.5. The predicted molar refractivity (Wildman–Crippen MR) is 53.4 cm³/mol. The van der Waals surface area contributed by atoms with Gasteiger partial charge in [0.2, 0.25) is 0 Å². The Bertz CT molecular complexity index is 401. The minimum Gasteiger partial charge on any atom is -0.299 e. The van der Waals surface area contributed by atoms with Crippen LogP contribution >= 0.6 is 11.6 Å². The number of fused-ring (bicyclic) bond motifs is 1. The molecule has 0 aromatic carbocycles. The lowest BCUT2D eigenvalue weighted by Crippen LogP contribution is -2.31. The standard InChI is InChI=1S/C10H11ClN2O/c1-10(2)4-6(14)3-7-8(10)9(11)13-5-12-7/h5H,3-4H2,1-2H3. The third-order valence-corrected chi connectivity index (χ3v) is 2.85. The quantitative estimate of drug-likeness (QED) is 0.615. The number of rotatable bonds is 0. The first kappa shape index (κ1) is 9.59. The minimum absolute atomic E-state index is 0.220. The molecule has 0 N–H and O–H groups in total. The Morgan fingerprint density at radius 2 is 2.14 bits per heavy atom. The Morgan fingerprint density at radius 1 is 1.43 bits per heavy atom. The zero-order chi connectivity index (χ0) is 10.3. The van der Waals surface area contributed by atoms with Crippen molar-refractivity contribution >= 4 is 17.4 Å². The molecule has 1 aliphatic carbocycles. The van der Waals surface area contributed by atoms with Gasteiger partial charge in [0.05, 0.1) is 5.69 Å². The second-order valence-corrected chi connectivity index (χ2v) is 4.62. The Balaban J connectivity index is 2.64. The maximum atomic E-state index is 11.4. The molecule has 0 fully saturated rings. The zero-order valence-electron chi connectivity index (χ0n) is 8.17. The number of halogens is 1. The van der Waals surface area contributed by atoms with Crippen molar-refractivity contribution in [1.29, 1.82) is 0 Å². The fourth-order valence-electron chi connectivity index (χ4n) is 2.03. The highest BCUT2D eigenvalue weighted by molar-refractivity contribution is 6.30. The third kappa shape index (κ3) is 1.42. The van der Waals surface area contributed by atoms with Crippen molar-refractivity contribution in [1.82, 2.24) is 9.97 Å². The van der Waals surface area contributed by atoms with Crippen LogP contribution in [0.3, 0.4) is 0 Å². The van der Waals surface area contributed by atoms with Crippen LogP contribution in [0.2, 0.25) is 5.15 Å². The first-order chi connectivity index (χ1) is 6.50. The molecule has 1 aromatic rings. The van der Waals surface area contributed by atoms with Crippen molar-refractivity contribution in [3.05, 3.63) is 22.7 Å². The fraction of sp³-hybridized carbons (Fsp3) is 0.500. The van der Waals surface area contributed by atoms with Gasteiger partial charge in [-0.05, 0) is 0 Å². The predicted octanol–water partition coefficient (Wildman–Crippen LogP) is 1.92. The summed E-state index contributed by atoms with van der Waals surface area (Å²) in [7, 11) is 0. The Morgan fingerprint density at radius 3 is 2.86 bits per heavy atom. The van der Waals surface area contributed by atoms with Gasteiger partial charge in [-0.1, -0.05) is 25.4 Å². The number of ketones is 1. The van der Waals surface area contributed by atoms with E-state index in [1.54, 1.807) is 0 Å². The number of hydrogen-bond donors (Lipinski definition) is 0. The molecule has 0 radical (unpaired) electrons. The maximum Gasteiger partial charge on any atom is 0.139 e. The Hall–Kier alpha value is -0.960. The molecule has 3 nitrogen and oxygen atoms in total. The fourth-order valence-corrected chi connectivity index (χ4v) is 2.44. The second-order valence-electron chi connectivity index (χ2n) is 4.26. The van der Waals surface area contributed by atoms with Crippen LogP contribution in [0.25, 0.3) is 0 Å². The lowest BCUT2D eigenvalue weighted by molar-refractivity contribution is -0.120. The molecule has 74 valence electrons. The molecular weight excluding hydrogens is 200 g/mol. The van der Waals surface area contributed by atoms with Crippen LogP contribution in [0.15, 0.2) is 6.33 Å². The summed E-state index contributed by atoms with van der Waals surface area (Å²) in [5.41, 5.74) is 1.48. The van der Waals surface area contributed by atoms with E-state index in [4.69, 9.17) is 11.6 Å². The second kappa shape index (κ2) is 3.02. The van der Waals surface area contributed by atoms with Crippen molar-refractivity contribution in [2.45, 2.75) is 32.1 Å². The molecule has 14 heavy (non-hydrogen) atoms. The van der Waals surface area contributed by atoms with E-state index in [9.17, 15) is 4.79 Å². The summed E-state index contributed by atoms with van der Waals surface area (Å²) in [6, 6.07) is 0. The van der Waals surface area contributed by atoms with Crippen molar-refractivity contribution in [3.8, 4) is 0 Å². The molecule has 0 unspecified atom stereocenters. The molecule has 1 aromatic heterocycles. The molecule has 0 atom stereocenters. The number of hydrogen-bond acceptors (Lipinski definition) is 3. The van der Waals surface area contributed by atoms with Crippen LogP contribution < -0.4 is 0 Å². The van der Waals surface area contributed by atoms with E-state index in [0.717, 1.165) is 11.3 Å². The number of carbonyl (C=O) groups is 1. The molecule has 2 rings (SSSR count). The van der Waals surface area contributed by atoms with Gasteiger partial charge in [-0.3, -0.25) is 4.79 Å². The van der Waals surface area contributed by atoms with Crippen LogP contribution in [0.1, 0.15) is 31.5 Å². The summed E-state index contributed by atoms with van der Waals surface area (Å²) in [5.74, 6) is 0.220. The van der Waals surface area contributed by atoms with Crippen molar-refractivity contribution < 1.29 is 4.79 Å². The van der Waals surface area contributed by atoms with Crippen LogP contribution in [0.5, 0.6) is 0 Å². The molecule has 1 aliphatic rings. The van der Waals surface area contributed by atoms with Crippen LogP contribution in [0.4, 0.5) is 0 Å². The molecule has 4 heteroatoms. The zero-order valence-corrected chi connectivity index (χ0v) is 8.93. The topological polar surface area (TPSA) is 42.9 Å². The molecule has 0 amide bonds. The lowest BCUT2D eigenvalue weighted by atomic mass is 9.74. The molecule has 1 heterocycles. The summed E-state index contributed by atoms with van der Waals surface area (Å²) in [6.07, 6.45) is 2.32. The molecule has 0 saturated heterocycles. The summed E-state index contributed by atoms with van der Waals surface area (Å²) in [6.45, 7) is 4.00. The minimum atomic E-state index is -0.233. The van der Waals surface area contributed by atoms with Gasteiger partial charge < -0.3 is 0 Å². The average molecular weight is 211 g/mol. The third-order valence-electron chi connectivity index (χ3n) is 2.56. The van der Waals surface area contributed by atoms with E-state index >= 15 is 0 Å². The van der Waals surface area contributed by atoms with E-state index in [1.807, 2.05) is 13.8 Å². The van der Waals surface area contributed by atoms with Crippen LogP contribution in [0, 0.1) is 0 Å². The van der Waals surface area contributed by atoms with Crippen molar-refractivity contribution in [3.63, 3.8) is 0 Å². The maximum absolute atomic E-state index is 11.4. The smallest absolute Gasteiger partial charge is 0.139 e. The van der Waals surface area contributed by atoms with Crippen molar-refractivity contribution in [2.75, 3.05) is 0 Å². The van der Waals surface area contributed by atoms with Gasteiger partial charge in [0.1, 0.15) is 17.3 Å². The highest BCUT2D eigenvalue weighted by Gasteiger charge is 2.35. The summed E-state index contributed by atoms with van der Waals surface area (Å²) in [5, 5.41) is 0.479. The van der Waals surface area contributed by atoms with Gasteiger partial charge in [-0.2, -0.15) is 0 Å². The van der Waals surface area contributed by atoms with E-state index in [2.05, 4.69) is 9.97 Å². The monoisotopic (exact) mass is 210 g/mol. The first-order valence-electron chi connectivity index (χ1n) is 4.52. The average Bonchev–Trinajstić information content (AvgIpc) is 2.00. The van der Waals surface area contributed by atoms with Gasteiger partial charge in [0.25, 0.3) is 0 Å². The molecular formula is C10H11ClN2O. The summed E-state index contributed by atoms with van der Waals surface area (Å²) >= 11 is 6.01. The van der Waals surface area contributed by atoms with Gasteiger partial charge in [0, 0.05) is 23.8 Å². The van der Waals surface area contributed by atoms with Gasteiger partial charge in [0.15, 0.2) is 0 Å². The van der Waals surface area contributed by atoms with Gasteiger partial charge in [-0.15, -0.1) is 0 Å². The normalized spacial score (nSPS) is 19.2. The number of carbonyl (C=O) groups excluding carboxylic acids is 1. The van der Waals surface area contributed by atoms with Gasteiger partial charge >= 0.3 is 0 Å². The van der Waals surface area contributed by atoms with E-state index < -0.39 is 0 Å². The lowest BCUT2D eigenvalue weighted by Gasteiger charge is -2.30. The number of nitrogens with zero attached hydrogens (tertiary/aromatic N) is 2. The Labute approximate surface area is 87.5 Å².